The molecule has 3 aromatic rings. The van der Waals surface area contributed by atoms with Gasteiger partial charge in [-0.2, -0.15) is 9.97 Å². The summed E-state index contributed by atoms with van der Waals surface area (Å²) >= 11 is 0. The van der Waals surface area contributed by atoms with E-state index >= 15 is 0 Å². The van der Waals surface area contributed by atoms with Gasteiger partial charge in [0.15, 0.2) is 17.0 Å². The molecule has 1 unspecified atom stereocenters. The Hall–Kier alpha value is -3.44. The molecule has 2 fully saturated rings. The van der Waals surface area contributed by atoms with Crippen LogP contribution in [-0.2, 0) is 9.53 Å². The third-order valence-corrected chi connectivity index (χ3v) is 6.99. The Morgan fingerprint density at radius 1 is 1.08 bits per heavy atom. The standard InChI is InChI=1S/C27H37N7O4/c35-23(36)17-28-14-6-16-37-21-12-10-20(11-13-21)31-27-32-25(30-19-7-2-1-3-8-19)24-26(33-27)34(18-29-24)22-9-4-5-15-38-22/h10-13,18-19,22,28H,1-9,14-17H2,(H,35,36)(H2,30,31,32,33). The highest BCUT2D eigenvalue weighted by atomic mass is 16.5. The van der Waals surface area contributed by atoms with Gasteiger partial charge in [-0.15, -0.1) is 0 Å². The van der Waals surface area contributed by atoms with E-state index in [0.29, 0.717) is 25.1 Å². The van der Waals surface area contributed by atoms with Crippen LogP contribution in [0.4, 0.5) is 17.5 Å². The Kier molecular flexibility index (Phi) is 8.87. The fraction of sp³-hybridized carbons (Fsp3) is 0.556. The first kappa shape index (κ1) is 26.2. The van der Waals surface area contributed by atoms with Gasteiger partial charge in [-0.05, 0) is 69.3 Å². The number of carboxylic acids is 1. The van der Waals surface area contributed by atoms with Crippen LogP contribution in [0.3, 0.4) is 0 Å². The van der Waals surface area contributed by atoms with Gasteiger partial charge in [0.2, 0.25) is 5.95 Å². The minimum Gasteiger partial charge on any atom is -0.494 e. The second-order valence-electron chi connectivity index (χ2n) is 9.94. The van der Waals surface area contributed by atoms with Crippen molar-refractivity contribution in [2.45, 2.75) is 70.1 Å². The molecular formula is C27H37N7O4. The van der Waals surface area contributed by atoms with Crippen molar-refractivity contribution in [3.05, 3.63) is 30.6 Å². The maximum Gasteiger partial charge on any atom is 0.317 e. The number of benzene rings is 1. The van der Waals surface area contributed by atoms with Crippen LogP contribution in [0.15, 0.2) is 30.6 Å². The van der Waals surface area contributed by atoms with E-state index < -0.39 is 5.97 Å². The number of fused-ring (bicyclic) bond motifs is 1. The Bertz CT molecular complexity index is 1190. The van der Waals surface area contributed by atoms with Crippen molar-refractivity contribution in [3.63, 3.8) is 0 Å². The molecule has 2 aromatic heterocycles. The molecule has 0 spiro atoms. The third kappa shape index (κ3) is 6.90. The monoisotopic (exact) mass is 523 g/mol. The van der Waals surface area contributed by atoms with Crippen LogP contribution in [0.1, 0.15) is 64.0 Å². The van der Waals surface area contributed by atoms with E-state index in [1.54, 1.807) is 0 Å². The second kappa shape index (κ2) is 12.9. The minimum atomic E-state index is -0.860. The lowest BCUT2D eigenvalue weighted by Crippen LogP contribution is -2.24. The first-order chi connectivity index (χ1) is 18.7. The number of hydrogen-bond acceptors (Lipinski definition) is 9. The van der Waals surface area contributed by atoms with Gasteiger partial charge in [-0.3, -0.25) is 9.36 Å². The van der Waals surface area contributed by atoms with E-state index in [1.165, 1.54) is 19.3 Å². The number of nitrogens with one attached hydrogen (secondary N) is 3. The summed E-state index contributed by atoms with van der Waals surface area (Å²) in [6.45, 7) is 1.80. The zero-order valence-corrected chi connectivity index (χ0v) is 21.7. The molecule has 1 aliphatic heterocycles. The molecule has 11 heteroatoms. The Morgan fingerprint density at radius 3 is 2.66 bits per heavy atom. The predicted molar refractivity (Wildman–Crippen MR) is 145 cm³/mol. The van der Waals surface area contributed by atoms with Gasteiger partial charge in [0.25, 0.3) is 0 Å². The summed E-state index contributed by atoms with van der Waals surface area (Å²) in [7, 11) is 0. The summed E-state index contributed by atoms with van der Waals surface area (Å²) in [4.78, 5) is 24.9. The topological polar surface area (TPSA) is 135 Å². The van der Waals surface area contributed by atoms with Crippen molar-refractivity contribution in [1.29, 1.82) is 0 Å². The number of carboxylic acid groups (broad SMARTS) is 1. The summed E-state index contributed by atoms with van der Waals surface area (Å²) in [6.07, 6.45) is 11.7. The minimum absolute atomic E-state index is 0.0411. The van der Waals surface area contributed by atoms with Gasteiger partial charge in [0.05, 0.1) is 19.5 Å². The molecule has 2 aliphatic rings. The molecular weight excluding hydrogens is 486 g/mol. The quantitative estimate of drug-likeness (QED) is 0.252. The zero-order chi connectivity index (χ0) is 26.2. The van der Waals surface area contributed by atoms with Crippen molar-refractivity contribution in [2.24, 2.45) is 0 Å². The summed E-state index contributed by atoms with van der Waals surface area (Å²) in [5.74, 6) is 1.15. The highest BCUT2D eigenvalue weighted by Gasteiger charge is 2.23. The van der Waals surface area contributed by atoms with Gasteiger partial charge in [0.1, 0.15) is 12.0 Å². The van der Waals surface area contributed by atoms with Crippen LogP contribution < -0.4 is 20.7 Å². The lowest BCUT2D eigenvalue weighted by Gasteiger charge is -2.25. The number of aliphatic carboxylic acids is 1. The largest absolute Gasteiger partial charge is 0.494 e. The number of nitrogens with zero attached hydrogens (tertiary/aromatic N) is 4. The molecule has 204 valence electrons. The summed E-state index contributed by atoms with van der Waals surface area (Å²) in [5.41, 5.74) is 2.39. The van der Waals surface area contributed by atoms with Crippen molar-refractivity contribution in [3.8, 4) is 5.75 Å². The first-order valence-electron chi connectivity index (χ1n) is 13.7. The number of rotatable bonds is 12. The van der Waals surface area contributed by atoms with Gasteiger partial charge in [0, 0.05) is 18.3 Å². The van der Waals surface area contributed by atoms with Crippen LogP contribution in [0, 0.1) is 0 Å². The van der Waals surface area contributed by atoms with Crippen LogP contribution in [0.5, 0.6) is 5.75 Å². The average Bonchev–Trinajstić information content (AvgIpc) is 3.37. The smallest absolute Gasteiger partial charge is 0.317 e. The molecule has 0 amide bonds. The Labute approximate surface area is 222 Å². The molecule has 11 nitrogen and oxygen atoms in total. The van der Waals surface area contributed by atoms with Crippen molar-refractivity contribution in [1.82, 2.24) is 24.8 Å². The summed E-state index contributed by atoms with van der Waals surface area (Å²) < 4.78 is 13.8. The Balaban J connectivity index is 1.29. The summed E-state index contributed by atoms with van der Waals surface area (Å²) in [6, 6.07) is 8.05. The van der Waals surface area contributed by atoms with Gasteiger partial charge in [-0.25, -0.2) is 4.98 Å². The fourth-order valence-corrected chi connectivity index (χ4v) is 5.01. The van der Waals surface area contributed by atoms with E-state index in [-0.39, 0.29) is 12.8 Å². The lowest BCUT2D eigenvalue weighted by molar-refractivity contribution is -0.135. The molecule has 5 rings (SSSR count). The van der Waals surface area contributed by atoms with E-state index in [2.05, 4.69) is 16.0 Å². The number of imidazole rings is 1. The molecule has 1 atom stereocenters. The summed E-state index contributed by atoms with van der Waals surface area (Å²) in [5, 5.41) is 18.5. The number of anilines is 3. The van der Waals surface area contributed by atoms with Crippen molar-refractivity contribution >= 4 is 34.6 Å². The second-order valence-corrected chi connectivity index (χ2v) is 9.94. The third-order valence-electron chi connectivity index (χ3n) is 6.99. The van der Waals surface area contributed by atoms with Crippen LogP contribution in [-0.4, -0.2) is 62.9 Å². The molecule has 1 saturated heterocycles. The number of carbonyl (C=O) groups is 1. The fourth-order valence-electron chi connectivity index (χ4n) is 5.01. The highest BCUT2D eigenvalue weighted by Crippen LogP contribution is 2.31. The molecule has 1 aliphatic carbocycles. The van der Waals surface area contributed by atoms with Crippen LogP contribution >= 0.6 is 0 Å². The highest BCUT2D eigenvalue weighted by molar-refractivity contribution is 5.85. The lowest BCUT2D eigenvalue weighted by atomic mass is 9.95. The number of hydrogen-bond donors (Lipinski definition) is 4. The number of ether oxygens (including phenoxy) is 2. The molecule has 1 aromatic carbocycles. The molecule has 0 radical (unpaired) electrons. The normalized spacial score (nSPS) is 18.4. The number of aromatic nitrogens is 4. The zero-order valence-electron chi connectivity index (χ0n) is 21.7. The predicted octanol–water partition coefficient (Wildman–Crippen LogP) is 4.46. The molecule has 3 heterocycles. The molecule has 4 N–H and O–H groups in total. The van der Waals surface area contributed by atoms with Gasteiger partial charge in [-0.1, -0.05) is 19.3 Å². The Morgan fingerprint density at radius 2 is 1.89 bits per heavy atom. The van der Waals surface area contributed by atoms with Gasteiger partial charge >= 0.3 is 5.97 Å². The van der Waals surface area contributed by atoms with E-state index in [0.717, 1.165) is 73.6 Å². The average molecular weight is 524 g/mol. The van der Waals surface area contributed by atoms with Crippen LogP contribution in [0.25, 0.3) is 11.2 Å². The molecule has 1 saturated carbocycles. The van der Waals surface area contributed by atoms with Crippen molar-refractivity contribution < 1.29 is 19.4 Å². The van der Waals surface area contributed by atoms with E-state index in [1.807, 2.05) is 35.2 Å². The van der Waals surface area contributed by atoms with E-state index in [4.69, 9.17) is 29.5 Å². The van der Waals surface area contributed by atoms with Gasteiger partial charge < -0.3 is 30.5 Å². The maximum absolute atomic E-state index is 10.5. The van der Waals surface area contributed by atoms with E-state index in [9.17, 15) is 4.79 Å². The van der Waals surface area contributed by atoms with Crippen LogP contribution in [0.2, 0.25) is 0 Å². The maximum atomic E-state index is 10.5. The first-order valence-corrected chi connectivity index (χ1v) is 13.7. The molecule has 0 bridgehead atoms. The SMILES string of the molecule is O=C(O)CNCCCOc1ccc(Nc2nc(NC3CCCCC3)c3ncn(C4CCCCO4)c3n2)cc1. The van der Waals surface area contributed by atoms with Crippen molar-refractivity contribution in [2.75, 3.05) is 36.9 Å². The molecule has 38 heavy (non-hydrogen) atoms.